The van der Waals surface area contributed by atoms with Gasteiger partial charge in [0.2, 0.25) is 0 Å². The molecule has 4 heteroatoms. The zero-order valence-corrected chi connectivity index (χ0v) is 5.86. The van der Waals surface area contributed by atoms with Crippen molar-refractivity contribution in [1.82, 2.24) is 0 Å². The molecule has 60 valence electrons. The normalized spacial score (nSPS) is 41.7. The monoisotopic (exact) mass is 148 g/mol. The van der Waals surface area contributed by atoms with Gasteiger partial charge in [0.1, 0.15) is 12.2 Å². The Morgan fingerprint density at radius 1 is 1.60 bits per heavy atom. The van der Waals surface area contributed by atoms with Crippen molar-refractivity contribution in [2.24, 2.45) is 0 Å². The molecule has 0 saturated carbocycles. The van der Waals surface area contributed by atoms with E-state index in [2.05, 4.69) is 0 Å². The van der Waals surface area contributed by atoms with Gasteiger partial charge in [-0.05, 0) is 6.92 Å². The highest BCUT2D eigenvalue weighted by molar-refractivity contribution is 4.71. The van der Waals surface area contributed by atoms with Gasteiger partial charge in [0, 0.05) is 0 Å². The van der Waals surface area contributed by atoms with Gasteiger partial charge < -0.3 is 19.7 Å². The van der Waals surface area contributed by atoms with Gasteiger partial charge in [0.25, 0.3) is 0 Å². The van der Waals surface area contributed by atoms with E-state index in [1.54, 1.807) is 6.92 Å². The van der Waals surface area contributed by atoms with Gasteiger partial charge in [-0.3, -0.25) is 0 Å². The van der Waals surface area contributed by atoms with Gasteiger partial charge in [0.05, 0.1) is 13.2 Å². The molecule has 3 atom stereocenters. The third kappa shape index (κ3) is 1.67. The van der Waals surface area contributed by atoms with E-state index in [1.807, 2.05) is 0 Å². The van der Waals surface area contributed by atoms with E-state index in [0.29, 0.717) is 0 Å². The first-order chi connectivity index (χ1) is 4.74. The summed E-state index contributed by atoms with van der Waals surface area (Å²) in [6.07, 6.45) is -1.49. The van der Waals surface area contributed by atoms with Crippen molar-refractivity contribution in [2.45, 2.75) is 25.4 Å². The summed E-state index contributed by atoms with van der Waals surface area (Å²) in [4.78, 5) is 0. The topological polar surface area (TPSA) is 58.9 Å². The number of rotatable bonds is 1. The summed E-state index contributed by atoms with van der Waals surface area (Å²) in [5, 5.41) is 17.7. The third-order valence-corrected chi connectivity index (χ3v) is 1.48. The minimum absolute atomic E-state index is 0.158. The Morgan fingerprint density at radius 2 is 2.30 bits per heavy atom. The molecular weight excluding hydrogens is 136 g/mol. The van der Waals surface area contributed by atoms with E-state index < -0.39 is 12.2 Å². The molecule has 0 aromatic heterocycles. The Hall–Kier alpha value is -0.160. The summed E-state index contributed by atoms with van der Waals surface area (Å²) < 4.78 is 9.96. The predicted molar refractivity (Wildman–Crippen MR) is 33.4 cm³/mol. The number of hydrogen-bond donors (Lipinski definition) is 2. The molecule has 1 saturated heterocycles. The molecule has 0 aromatic rings. The fraction of sp³-hybridized carbons (Fsp3) is 1.00. The quantitative estimate of drug-likeness (QED) is 0.506. The van der Waals surface area contributed by atoms with Crippen LogP contribution in [0.2, 0.25) is 0 Å². The minimum Gasteiger partial charge on any atom is -0.394 e. The van der Waals surface area contributed by atoms with Crippen LogP contribution in [0.25, 0.3) is 0 Å². The lowest BCUT2D eigenvalue weighted by molar-refractivity contribution is -0.250. The second-order valence-corrected chi connectivity index (χ2v) is 2.33. The number of hydrogen-bond acceptors (Lipinski definition) is 4. The second-order valence-electron chi connectivity index (χ2n) is 2.33. The average Bonchev–Trinajstić information content (AvgIpc) is 1.94. The van der Waals surface area contributed by atoms with Gasteiger partial charge in [-0.1, -0.05) is 0 Å². The highest BCUT2D eigenvalue weighted by Gasteiger charge is 2.27. The summed E-state index contributed by atoms with van der Waals surface area (Å²) in [5.74, 6) is 0. The molecule has 1 fully saturated rings. The predicted octanol–water partition coefficient (Wildman–Crippen LogP) is -0.899. The summed E-state index contributed by atoms with van der Waals surface area (Å²) in [7, 11) is 0. The van der Waals surface area contributed by atoms with Crippen LogP contribution in [0.1, 0.15) is 6.92 Å². The molecule has 0 amide bonds. The maximum absolute atomic E-state index is 9.08. The number of ether oxygens (including phenoxy) is 2. The molecule has 0 aliphatic carbocycles. The molecule has 4 nitrogen and oxygen atoms in total. The van der Waals surface area contributed by atoms with E-state index in [-0.39, 0.29) is 19.5 Å². The zero-order chi connectivity index (χ0) is 7.56. The molecule has 0 radical (unpaired) electrons. The van der Waals surface area contributed by atoms with Crippen molar-refractivity contribution >= 4 is 0 Å². The molecule has 0 spiro atoms. The van der Waals surface area contributed by atoms with Crippen LogP contribution in [0.15, 0.2) is 0 Å². The van der Waals surface area contributed by atoms with E-state index in [4.69, 9.17) is 19.7 Å². The SMILES string of the molecule is C[C@H]1OC[C@@H](O)[C@@H](CO)O1. The Bertz CT molecular complexity index is 106. The van der Waals surface area contributed by atoms with Crippen LogP contribution in [0.5, 0.6) is 0 Å². The fourth-order valence-corrected chi connectivity index (χ4v) is 0.882. The summed E-state index contributed by atoms with van der Waals surface area (Å²) in [5.41, 5.74) is 0. The van der Waals surface area contributed by atoms with E-state index in [9.17, 15) is 0 Å². The highest BCUT2D eigenvalue weighted by atomic mass is 16.7. The summed E-state index contributed by atoms with van der Waals surface area (Å²) >= 11 is 0. The van der Waals surface area contributed by atoms with Crippen molar-refractivity contribution in [1.29, 1.82) is 0 Å². The molecule has 1 heterocycles. The lowest BCUT2D eigenvalue weighted by Gasteiger charge is -2.30. The van der Waals surface area contributed by atoms with Crippen LogP contribution < -0.4 is 0 Å². The zero-order valence-electron chi connectivity index (χ0n) is 5.86. The van der Waals surface area contributed by atoms with Gasteiger partial charge in [-0.2, -0.15) is 0 Å². The molecule has 1 aliphatic heterocycles. The Morgan fingerprint density at radius 3 is 2.80 bits per heavy atom. The molecular formula is C6H12O4. The minimum atomic E-state index is -0.693. The fourth-order valence-electron chi connectivity index (χ4n) is 0.882. The van der Waals surface area contributed by atoms with Crippen molar-refractivity contribution in [3.63, 3.8) is 0 Å². The number of aliphatic hydroxyl groups is 2. The first-order valence-corrected chi connectivity index (χ1v) is 3.30. The third-order valence-electron chi connectivity index (χ3n) is 1.48. The maximum Gasteiger partial charge on any atom is 0.155 e. The summed E-state index contributed by atoms with van der Waals surface area (Å²) in [6.45, 7) is 1.82. The lowest BCUT2D eigenvalue weighted by Crippen LogP contribution is -2.44. The van der Waals surface area contributed by atoms with Gasteiger partial charge in [-0.15, -0.1) is 0 Å². The van der Waals surface area contributed by atoms with Crippen LogP contribution in [-0.4, -0.2) is 41.9 Å². The molecule has 0 bridgehead atoms. The second kappa shape index (κ2) is 3.30. The lowest BCUT2D eigenvalue weighted by atomic mass is 10.2. The smallest absolute Gasteiger partial charge is 0.155 e. The first-order valence-electron chi connectivity index (χ1n) is 3.30. The maximum atomic E-state index is 9.08. The molecule has 2 N–H and O–H groups in total. The van der Waals surface area contributed by atoms with Crippen LogP contribution in [0.3, 0.4) is 0 Å². The average molecular weight is 148 g/mol. The van der Waals surface area contributed by atoms with Crippen LogP contribution >= 0.6 is 0 Å². The highest BCUT2D eigenvalue weighted by Crippen LogP contribution is 2.11. The van der Waals surface area contributed by atoms with Crippen molar-refractivity contribution in [3.05, 3.63) is 0 Å². The van der Waals surface area contributed by atoms with Crippen LogP contribution in [-0.2, 0) is 9.47 Å². The Labute approximate surface area is 59.4 Å². The molecule has 1 aliphatic rings. The number of aliphatic hydroxyl groups excluding tert-OH is 2. The Kier molecular flexibility index (Phi) is 2.62. The van der Waals surface area contributed by atoms with Gasteiger partial charge in [-0.25, -0.2) is 0 Å². The van der Waals surface area contributed by atoms with E-state index in [1.165, 1.54) is 0 Å². The molecule has 10 heavy (non-hydrogen) atoms. The van der Waals surface area contributed by atoms with Crippen molar-refractivity contribution in [2.75, 3.05) is 13.2 Å². The van der Waals surface area contributed by atoms with Crippen molar-refractivity contribution in [3.8, 4) is 0 Å². The standard InChI is InChI=1S/C6H12O4/c1-4-9-3-5(8)6(2-7)10-4/h4-8H,2-3H2,1H3/t4-,5+,6+/m0/s1. The van der Waals surface area contributed by atoms with Gasteiger partial charge in [0.15, 0.2) is 6.29 Å². The Balaban J connectivity index is 2.38. The molecule has 0 aromatic carbocycles. The van der Waals surface area contributed by atoms with Crippen molar-refractivity contribution < 1.29 is 19.7 Å². The van der Waals surface area contributed by atoms with Crippen LogP contribution in [0, 0.1) is 0 Å². The van der Waals surface area contributed by atoms with Crippen LogP contribution in [0.4, 0.5) is 0 Å². The molecule has 0 unspecified atom stereocenters. The van der Waals surface area contributed by atoms with Gasteiger partial charge >= 0.3 is 0 Å². The largest absolute Gasteiger partial charge is 0.394 e. The van der Waals surface area contributed by atoms with E-state index >= 15 is 0 Å². The van der Waals surface area contributed by atoms with E-state index in [0.717, 1.165) is 0 Å². The first kappa shape index (κ1) is 7.94. The molecule has 1 rings (SSSR count). The summed E-state index contributed by atoms with van der Waals surface area (Å²) in [6, 6.07) is 0.